The number of halogens is 1. The van der Waals surface area contributed by atoms with E-state index in [1.165, 1.54) is 0 Å². The Labute approximate surface area is 151 Å². The number of para-hydroxylation sites is 1. The van der Waals surface area contributed by atoms with Crippen LogP contribution in [0.3, 0.4) is 0 Å². The van der Waals surface area contributed by atoms with E-state index in [0.29, 0.717) is 11.4 Å². The van der Waals surface area contributed by atoms with E-state index in [1.54, 1.807) is 12.3 Å². The largest absolute Gasteiger partial charge is 0.451 e. The van der Waals surface area contributed by atoms with Crippen LogP contribution < -0.4 is 10.6 Å². The van der Waals surface area contributed by atoms with Gasteiger partial charge in [0.25, 0.3) is 5.91 Å². The number of amides is 1. The molecule has 0 bridgehead atoms. The van der Waals surface area contributed by atoms with Gasteiger partial charge in [-0.25, -0.2) is 4.98 Å². The average Bonchev–Trinajstić information content (AvgIpc) is 2.94. The third-order valence-corrected chi connectivity index (χ3v) is 3.95. The predicted molar refractivity (Wildman–Crippen MR) is 102 cm³/mol. The van der Waals surface area contributed by atoms with Crippen molar-refractivity contribution in [2.45, 2.75) is 6.92 Å². The zero-order valence-corrected chi connectivity index (χ0v) is 15.1. The van der Waals surface area contributed by atoms with Crippen molar-refractivity contribution >= 4 is 62.6 Å². The smallest absolute Gasteiger partial charge is 0.293 e. The van der Waals surface area contributed by atoms with Gasteiger partial charge in [0.2, 0.25) is 0 Å². The molecule has 0 spiro atoms. The van der Waals surface area contributed by atoms with Crippen molar-refractivity contribution in [1.82, 2.24) is 10.3 Å². The number of carbonyl (C=O) groups is 1. The quantitative estimate of drug-likeness (QED) is 0.471. The van der Waals surface area contributed by atoms with E-state index < -0.39 is 5.91 Å². The number of carbonyl (C=O) groups excluding carboxylic acids is 1. The van der Waals surface area contributed by atoms with Crippen molar-refractivity contribution in [2.24, 2.45) is 0 Å². The van der Waals surface area contributed by atoms with E-state index in [9.17, 15) is 4.79 Å². The lowest BCUT2D eigenvalue weighted by atomic mass is 10.2. The van der Waals surface area contributed by atoms with E-state index in [2.05, 4.69) is 38.2 Å². The van der Waals surface area contributed by atoms with Crippen LogP contribution in [0.5, 0.6) is 0 Å². The van der Waals surface area contributed by atoms with Gasteiger partial charge in [-0.15, -0.1) is 0 Å². The third-order valence-electron chi connectivity index (χ3n) is 3.15. The number of fused-ring (bicyclic) bond motifs is 1. The number of furan rings is 1. The van der Waals surface area contributed by atoms with Crippen molar-refractivity contribution in [1.29, 1.82) is 0 Å². The number of benzene rings is 1. The normalized spacial score (nSPS) is 10.5. The molecule has 0 aliphatic heterocycles. The molecule has 7 heteroatoms. The topological polar surface area (TPSA) is 67.2 Å². The highest BCUT2D eigenvalue weighted by atomic mass is 127. The van der Waals surface area contributed by atoms with Gasteiger partial charge in [0.05, 0.1) is 0 Å². The Morgan fingerprint density at radius 2 is 2.09 bits per heavy atom. The fraction of sp³-hybridized carbons (Fsp3) is 0.0625. The molecule has 0 aliphatic carbocycles. The average molecular weight is 437 g/mol. The molecular formula is C16H12IN3O2S. The Kier molecular flexibility index (Phi) is 4.58. The van der Waals surface area contributed by atoms with Crippen LogP contribution in [0.2, 0.25) is 0 Å². The van der Waals surface area contributed by atoms with Crippen LogP contribution in [-0.4, -0.2) is 16.0 Å². The van der Waals surface area contributed by atoms with Crippen LogP contribution in [0.4, 0.5) is 5.82 Å². The van der Waals surface area contributed by atoms with E-state index in [0.717, 1.165) is 14.5 Å². The Bertz CT molecular complexity index is 874. The van der Waals surface area contributed by atoms with E-state index in [-0.39, 0.29) is 10.9 Å². The lowest BCUT2D eigenvalue weighted by molar-refractivity contribution is 0.0953. The molecule has 0 radical (unpaired) electrons. The minimum absolute atomic E-state index is 0.173. The molecule has 116 valence electrons. The van der Waals surface area contributed by atoms with Crippen molar-refractivity contribution < 1.29 is 9.21 Å². The maximum Gasteiger partial charge on any atom is 0.293 e. The summed E-state index contributed by atoms with van der Waals surface area (Å²) < 4.78 is 6.53. The zero-order valence-electron chi connectivity index (χ0n) is 12.1. The molecule has 0 saturated carbocycles. The first-order valence-corrected chi connectivity index (χ1v) is 8.25. The summed E-state index contributed by atoms with van der Waals surface area (Å²) in [6.45, 7) is 1.92. The van der Waals surface area contributed by atoms with Crippen molar-refractivity contribution in [3.8, 4) is 0 Å². The number of nitrogens with zero attached hydrogens (tertiary/aromatic N) is 1. The SMILES string of the molecule is Cc1cc(I)cnc1NC(=S)NC(=O)c1cc2ccccc2o1. The highest BCUT2D eigenvalue weighted by Crippen LogP contribution is 2.19. The molecule has 0 saturated heterocycles. The summed E-state index contributed by atoms with van der Waals surface area (Å²) in [5.41, 5.74) is 1.60. The third kappa shape index (κ3) is 3.67. The molecule has 1 aromatic carbocycles. The molecular weight excluding hydrogens is 425 g/mol. The Hall–Kier alpha value is -2.00. The highest BCUT2D eigenvalue weighted by Gasteiger charge is 2.14. The summed E-state index contributed by atoms with van der Waals surface area (Å²) in [6, 6.07) is 11.1. The number of nitrogens with one attached hydrogen (secondary N) is 2. The van der Waals surface area contributed by atoms with Crippen LogP contribution in [0, 0.1) is 10.5 Å². The summed E-state index contributed by atoms with van der Waals surface area (Å²) in [5.74, 6) is 0.421. The van der Waals surface area contributed by atoms with Crippen LogP contribution >= 0.6 is 34.8 Å². The number of rotatable bonds is 2. The number of hydrogen-bond donors (Lipinski definition) is 2. The monoisotopic (exact) mass is 437 g/mol. The van der Waals surface area contributed by atoms with Gasteiger partial charge in [-0.3, -0.25) is 10.1 Å². The summed E-state index contributed by atoms with van der Waals surface area (Å²) >= 11 is 7.34. The number of pyridine rings is 1. The number of hydrogen-bond acceptors (Lipinski definition) is 4. The Balaban J connectivity index is 1.70. The molecule has 23 heavy (non-hydrogen) atoms. The maximum atomic E-state index is 12.2. The summed E-state index contributed by atoms with van der Waals surface area (Å²) in [5, 5.41) is 6.55. The van der Waals surface area contributed by atoms with E-state index >= 15 is 0 Å². The van der Waals surface area contributed by atoms with Gasteiger partial charge in [-0.05, 0) is 65.5 Å². The number of aromatic nitrogens is 1. The first-order chi connectivity index (χ1) is 11.0. The fourth-order valence-corrected chi connectivity index (χ4v) is 2.86. The minimum atomic E-state index is -0.401. The van der Waals surface area contributed by atoms with Crippen molar-refractivity contribution in [2.75, 3.05) is 5.32 Å². The number of anilines is 1. The molecule has 2 N–H and O–H groups in total. The van der Waals surface area contributed by atoms with Gasteiger partial charge < -0.3 is 9.73 Å². The maximum absolute atomic E-state index is 12.2. The van der Waals surface area contributed by atoms with Gasteiger partial charge in [0.1, 0.15) is 11.4 Å². The molecule has 0 fully saturated rings. The fourth-order valence-electron chi connectivity index (χ4n) is 2.07. The molecule has 0 aliphatic rings. The minimum Gasteiger partial charge on any atom is -0.451 e. The predicted octanol–water partition coefficient (Wildman–Crippen LogP) is 3.87. The first-order valence-electron chi connectivity index (χ1n) is 6.76. The van der Waals surface area contributed by atoms with Gasteiger partial charge in [0.15, 0.2) is 10.9 Å². The molecule has 0 unspecified atom stereocenters. The van der Waals surface area contributed by atoms with Crippen LogP contribution in [-0.2, 0) is 0 Å². The van der Waals surface area contributed by atoms with E-state index in [1.807, 2.05) is 37.3 Å². The number of aryl methyl sites for hydroxylation is 1. The lowest BCUT2D eigenvalue weighted by Gasteiger charge is -2.10. The number of thiocarbonyl (C=S) groups is 1. The second-order valence-electron chi connectivity index (χ2n) is 4.88. The summed E-state index contributed by atoms with van der Waals surface area (Å²) in [4.78, 5) is 16.5. The first kappa shape index (κ1) is 15.9. The second-order valence-corrected chi connectivity index (χ2v) is 6.53. The molecule has 3 rings (SSSR count). The molecule has 0 atom stereocenters. The van der Waals surface area contributed by atoms with Gasteiger partial charge in [-0.2, -0.15) is 0 Å². The Morgan fingerprint density at radius 1 is 1.30 bits per heavy atom. The lowest BCUT2D eigenvalue weighted by Crippen LogP contribution is -2.34. The van der Waals surface area contributed by atoms with E-state index in [4.69, 9.17) is 16.6 Å². The summed E-state index contributed by atoms with van der Waals surface area (Å²) in [7, 11) is 0. The van der Waals surface area contributed by atoms with Crippen LogP contribution in [0.15, 0.2) is 47.0 Å². The van der Waals surface area contributed by atoms with Gasteiger partial charge in [-0.1, -0.05) is 18.2 Å². The Morgan fingerprint density at radius 3 is 2.83 bits per heavy atom. The second kappa shape index (κ2) is 6.63. The van der Waals surface area contributed by atoms with Crippen molar-refractivity contribution in [3.63, 3.8) is 0 Å². The highest BCUT2D eigenvalue weighted by molar-refractivity contribution is 14.1. The molecule has 5 nitrogen and oxygen atoms in total. The van der Waals surface area contributed by atoms with Crippen LogP contribution in [0.25, 0.3) is 11.0 Å². The molecule has 2 heterocycles. The molecule has 2 aromatic heterocycles. The standard InChI is InChI=1S/C16H12IN3O2S/c1-9-6-11(17)8-18-14(9)19-16(23)20-15(21)13-7-10-4-2-3-5-12(10)22-13/h2-8H,1H3,(H2,18,19,20,21,23). The zero-order chi connectivity index (χ0) is 16.4. The van der Waals surface area contributed by atoms with Crippen LogP contribution in [0.1, 0.15) is 16.1 Å². The van der Waals surface area contributed by atoms with Crippen molar-refractivity contribution in [3.05, 3.63) is 57.5 Å². The molecule has 3 aromatic rings. The van der Waals surface area contributed by atoms with Gasteiger partial charge in [0, 0.05) is 15.2 Å². The summed E-state index contributed by atoms with van der Waals surface area (Å²) in [6.07, 6.45) is 1.72. The van der Waals surface area contributed by atoms with Gasteiger partial charge >= 0.3 is 0 Å². The molecule has 1 amide bonds.